The van der Waals surface area contributed by atoms with E-state index in [4.69, 9.17) is 9.88 Å². The molecule has 0 aromatic heterocycles. The molecule has 2 aromatic carbocycles. The summed E-state index contributed by atoms with van der Waals surface area (Å²) in [5.41, 5.74) is 1.52. The maximum atomic E-state index is 11.1. The molecule has 0 aliphatic carbocycles. The Morgan fingerprint density at radius 3 is 2.11 bits per heavy atom. The van der Waals surface area contributed by atoms with Crippen LogP contribution in [0, 0.1) is 0 Å². The van der Waals surface area contributed by atoms with Gasteiger partial charge >= 0.3 is 0 Å². The van der Waals surface area contributed by atoms with E-state index in [-0.39, 0.29) is 10.6 Å². The molecule has 100 valence electrons. The molecule has 0 heterocycles. The van der Waals surface area contributed by atoms with Crippen molar-refractivity contribution in [2.75, 3.05) is 7.11 Å². The largest absolute Gasteiger partial charge is 0.504 e. The average molecular weight is 279 g/mol. The summed E-state index contributed by atoms with van der Waals surface area (Å²) in [4.78, 5) is 0.0500. The van der Waals surface area contributed by atoms with Gasteiger partial charge < -0.3 is 9.84 Å². The second-order valence-corrected chi connectivity index (χ2v) is 5.52. The average Bonchev–Trinajstić information content (AvgIpc) is 2.38. The minimum atomic E-state index is -3.69. The Hall–Kier alpha value is -2.05. The van der Waals surface area contributed by atoms with E-state index in [1.165, 1.54) is 19.2 Å². The number of benzene rings is 2. The molecule has 0 aliphatic heterocycles. The van der Waals surface area contributed by atoms with E-state index < -0.39 is 10.0 Å². The van der Waals surface area contributed by atoms with E-state index in [2.05, 4.69) is 0 Å². The SMILES string of the molecule is COc1ccc(-c2ccc(S(N)(=O)=O)cc2)cc1O. The van der Waals surface area contributed by atoms with Gasteiger partial charge in [0.2, 0.25) is 10.0 Å². The zero-order valence-electron chi connectivity index (χ0n) is 10.2. The molecule has 6 heteroatoms. The van der Waals surface area contributed by atoms with Crippen LogP contribution in [0.2, 0.25) is 0 Å². The quantitative estimate of drug-likeness (QED) is 0.895. The number of primary sulfonamides is 1. The first-order valence-electron chi connectivity index (χ1n) is 5.42. The Morgan fingerprint density at radius 2 is 1.63 bits per heavy atom. The summed E-state index contributed by atoms with van der Waals surface area (Å²) in [6.45, 7) is 0. The zero-order valence-corrected chi connectivity index (χ0v) is 11.0. The number of aromatic hydroxyl groups is 1. The maximum absolute atomic E-state index is 11.1. The number of sulfonamides is 1. The van der Waals surface area contributed by atoms with Crippen LogP contribution in [0.3, 0.4) is 0 Å². The highest BCUT2D eigenvalue weighted by molar-refractivity contribution is 7.89. The highest BCUT2D eigenvalue weighted by atomic mass is 32.2. The van der Waals surface area contributed by atoms with Gasteiger partial charge in [-0.3, -0.25) is 0 Å². The molecule has 0 saturated heterocycles. The third-order valence-corrected chi connectivity index (χ3v) is 3.62. The fraction of sp³-hybridized carbons (Fsp3) is 0.0769. The van der Waals surface area contributed by atoms with Crippen LogP contribution < -0.4 is 9.88 Å². The minimum Gasteiger partial charge on any atom is -0.504 e. The molecule has 0 aliphatic rings. The summed E-state index contributed by atoms with van der Waals surface area (Å²) >= 11 is 0. The molecule has 0 unspecified atom stereocenters. The number of nitrogens with two attached hydrogens (primary N) is 1. The summed E-state index contributed by atoms with van der Waals surface area (Å²) in [6, 6.07) is 11.0. The Morgan fingerprint density at radius 1 is 1.05 bits per heavy atom. The monoisotopic (exact) mass is 279 g/mol. The Kier molecular flexibility index (Phi) is 3.46. The van der Waals surface area contributed by atoms with Crippen molar-refractivity contribution in [3.63, 3.8) is 0 Å². The molecular weight excluding hydrogens is 266 g/mol. The highest BCUT2D eigenvalue weighted by Gasteiger charge is 2.08. The fourth-order valence-electron chi connectivity index (χ4n) is 1.71. The van der Waals surface area contributed by atoms with E-state index in [0.717, 1.165) is 11.1 Å². The third kappa shape index (κ3) is 2.86. The molecule has 0 spiro atoms. The summed E-state index contributed by atoms with van der Waals surface area (Å²) < 4.78 is 27.2. The molecule has 0 amide bonds. The van der Waals surface area contributed by atoms with Gasteiger partial charge in [0.05, 0.1) is 12.0 Å². The van der Waals surface area contributed by atoms with E-state index in [0.29, 0.717) is 5.75 Å². The minimum absolute atomic E-state index is 0.0236. The molecule has 0 saturated carbocycles. The first kappa shape index (κ1) is 13.4. The lowest BCUT2D eigenvalue weighted by Crippen LogP contribution is -2.11. The molecule has 0 atom stereocenters. The predicted molar refractivity (Wildman–Crippen MR) is 71.5 cm³/mol. The highest BCUT2D eigenvalue weighted by Crippen LogP contribution is 2.31. The van der Waals surface area contributed by atoms with Crippen LogP contribution in [-0.2, 0) is 10.0 Å². The van der Waals surface area contributed by atoms with Crippen molar-refractivity contribution in [3.05, 3.63) is 42.5 Å². The number of rotatable bonds is 3. The van der Waals surface area contributed by atoms with Gasteiger partial charge in [-0.15, -0.1) is 0 Å². The summed E-state index contributed by atoms with van der Waals surface area (Å²) in [6.07, 6.45) is 0. The van der Waals surface area contributed by atoms with E-state index in [1.54, 1.807) is 30.3 Å². The third-order valence-electron chi connectivity index (χ3n) is 2.70. The summed E-state index contributed by atoms with van der Waals surface area (Å²) in [7, 11) is -2.22. The Balaban J connectivity index is 2.40. The molecule has 0 radical (unpaired) electrons. The van der Waals surface area contributed by atoms with Crippen LogP contribution in [0.1, 0.15) is 0 Å². The molecule has 3 N–H and O–H groups in total. The summed E-state index contributed by atoms with van der Waals surface area (Å²) in [5, 5.41) is 14.7. The van der Waals surface area contributed by atoms with Crippen LogP contribution in [0.15, 0.2) is 47.4 Å². The van der Waals surface area contributed by atoms with Crippen molar-refractivity contribution in [1.29, 1.82) is 0 Å². The van der Waals surface area contributed by atoms with E-state index in [9.17, 15) is 13.5 Å². The smallest absolute Gasteiger partial charge is 0.238 e. The lowest BCUT2D eigenvalue weighted by atomic mass is 10.1. The van der Waals surface area contributed by atoms with Crippen LogP contribution in [-0.4, -0.2) is 20.6 Å². The molecule has 5 nitrogen and oxygen atoms in total. The van der Waals surface area contributed by atoms with Gasteiger partial charge in [0.1, 0.15) is 0 Å². The Bertz CT molecular complexity index is 693. The number of phenols is 1. The lowest BCUT2D eigenvalue weighted by molar-refractivity contribution is 0.373. The number of hydrogen-bond acceptors (Lipinski definition) is 4. The van der Waals surface area contributed by atoms with Crippen molar-refractivity contribution in [2.24, 2.45) is 5.14 Å². The standard InChI is InChI=1S/C13H13NO4S/c1-18-13-7-4-10(8-12(13)15)9-2-5-11(6-3-9)19(14,16)17/h2-8,15H,1H3,(H2,14,16,17). The van der Waals surface area contributed by atoms with Crippen LogP contribution in [0.4, 0.5) is 0 Å². The van der Waals surface area contributed by atoms with Crippen molar-refractivity contribution in [1.82, 2.24) is 0 Å². The number of hydrogen-bond donors (Lipinski definition) is 2. The van der Waals surface area contributed by atoms with Gasteiger partial charge in [0.25, 0.3) is 0 Å². The van der Waals surface area contributed by atoms with E-state index >= 15 is 0 Å². The molecule has 19 heavy (non-hydrogen) atoms. The van der Waals surface area contributed by atoms with Gasteiger partial charge in [-0.25, -0.2) is 13.6 Å². The maximum Gasteiger partial charge on any atom is 0.238 e. The second kappa shape index (κ2) is 4.91. The van der Waals surface area contributed by atoms with Crippen LogP contribution in [0.5, 0.6) is 11.5 Å². The van der Waals surface area contributed by atoms with Gasteiger partial charge in [0.15, 0.2) is 11.5 Å². The molecular formula is C13H13NO4S. The van der Waals surface area contributed by atoms with Crippen molar-refractivity contribution >= 4 is 10.0 Å². The van der Waals surface area contributed by atoms with Crippen molar-refractivity contribution in [2.45, 2.75) is 4.90 Å². The molecule has 2 aromatic rings. The predicted octanol–water partition coefficient (Wildman–Crippen LogP) is 1.72. The number of ether oxygens (including phenoxy) is 1. The van der Waals surface area contributed by atoms with Crippen molar-refractivity contribution < 1.29 is 18.3 Å². The van der Waals surface area contributed by atoms with Crippen LogP contribution in [0.25, 0.3) is 11.1 Å². The van der Waals surface area contributed by atoms with Gasteiger partial charge in [0, 0.05) is 0 Å². The molecule has 2 rings (SSSR count). The van der Waals surface area contributed by atoms with Crippen molar-refractivity contribution in [3.8, 4) is 22.6 Å². The summed E-state index contributed by atoms with van der Waals surface area (Å²) in [5.74, 6) is 0.403. The first-order valence-corrected chi connectivity index (χ1v) is 6.96. The number of phenolic OH excluding ortho intramolecular Hbond substituents is 1. The Labute approximate surface area is 111 Å². The number of methoxy groups -OCH3 is 1. The fourth-order valence-corrected chi connectivity index (χ4v) is 2.22. The van der Waals surface area contributed by atoms with Gasteiger partial charge in [-0.1, -0.05) is 18.2 Å². The van der Waals surface area contributed by atoms with Crippen LogP contribution >= 0.6 is 0 Å². The topological polar surface area (TPSA) is 89.6 Å². The molecule has 0 fully saturated rings. The zero-order chi connectivity index (χ0) is 14.0. The normalized spacial score (nSPS) is 11.3. The van der Waals surface area contributed by atoms with E-state index in [1.807, 2.05) is 0 Å². The van der Waals surface area contributed by atoms with Gasteiger partial charge in [-0.2, -0.15) is 0 Å². The molecule has 0 bridgehead atoms. The first-order chi connectivity index (χ1) is 8.91. The van der Waals surface area contributed by atoms with Gasteiger partial charge in [-0.05, 0) is 35.4 Å². The second-order valence-electron chi connectivity index (χ2n) is 3.96. The lowest BCUT2D eigenvalue weighted by Gasteiger charge is -2.07.